The van der Waals surface area contributed by atoms with Crippen molar-refractivity contribution in [1.82, 2.24) is 14.8 Å². The Hall–Kier alpha value is -2.17. The second-order valence-electron chi connectivity index (χ2n) is 6.69. The molecule has 4 rings (SSSR count). The Morgan fingerprint density at radius 2 is 1.74 bits per heavy atom. The second kappa shape index (κ2) is 6.14. The van der Waals surface area contributed by atoms with Gasteiger partial charge in [-0.15, -0.1) is 0 Å². The van der Waals surface area contributed by atoms with Gasteiger partial charge in [-0.1, -0.05) is 0 Å². The van der Waals surface area contributed by atoms with Crippen LogP contribution < -0.4 is 10.5 Å². The lowest BCUT2D eigenvalue weighted by Crippen LogP contribution is -2.37. The molecule has 0 radical (unpaired) electrons. The maximum atomic E-state index is 12.1. The van der Waals surface area contributed by atoms with Crippen molar-refractivity contribution in [2.45, 2.75) is 38.1 Å². The number of rotatable bonds is 4. The van der Waals surface area contributed by atoms with Crippen LogP contribution in [-0.4, -0.2) is 27.9 Å². The molecule has 0 aromatic carbocycles. The van der Waals surface area contributed by atoms with Crippen LogP contribution in [0.25, 0.3) is 0 Å². The molecule has 1 saturated carbocycles. The molecule has 1 aliphatic heterocycles. The van der Waals surface area contributed by atoms with Crippen molar-refractivity contribution in [2.75, 3.05) is 18.0 Å². The van der Waals surface area contributed by atoms with E-state index in [0.29, 0.717) is 11.8 Å². The molecule has 23 heavy (non-hydrogen) atoms. The predicted octanol–water partition coefficient (Wildman–Crippen LogP) is 2.43. The highest BCUT2D eigenvalue weighted by Gasteiger charge is 2.26. The van der Waals surface area contributed by atoms with E-state index in [1.807, 2.05) is 18.5 Å². The fraction of sp³-hybridized carbons (Fsp3) is 0.500. The van der Waals surface area contributed by atoms with Crippen molar-refractivity contribution < 1.29 is 0 Å². The van der Waals surface area contributed by atoms with Crippen LogP contribution in [-0.2, 0) is 6.54 Å². The van der Waals surface area contributed by atoms with Gasteiger partial charge in [-0.3, -0.25) is 9.78 Å². The Labute approximate surface area is 136 Å². The molecule has 2 aliphatic rings. The highest BCUT2D eigenvalue weighted by atomic mass is 16.1. The van der Waals surface area contributed by atoms with Crippen molar-refractivity contribution >= 4 is 5.69 Å². The number of piperidine rings is 1. The maximum absolute atomic E-state index is 12.1. The molecule has 2 fully saturated rings. The summed E-state index contributed by atoms with van der Waals surface area (Å²) in [5.41, 5.74) is 2.37. The minimum Gasteiger partial charge on any atom is -0.371 e. The monoisotopic (exact) mass is 310 g/mol. The third-order valence-electron chi connectivity index (χ3n) is 4.96. The molecule has 0 bridgehead atoms. The molecule has 0 unspecified atom stereocenters. The summed E-state index contributed by atoms with van der Waals surface area (Å²) in [6, 6.07) is 7.71. The van der Waals surface area contributed by atoms with E-state index in [-0.39, 0.29) is 5.56 Å². The van der Waals surface area contributed by atoms with Crippen LogP contribution in [0.5, 0.6) is 0 Å². The highest BCUT2D eigenvalue weighted by molar-refractivity contribution is 5.44. The van der Waals surface area contributed by atoms with Crippen LogP contribution in [0.2, 0.25) is 0 Å². The van der Waals surface area contributed by atoms with Crippen LogP contribution in [0.1, 0.15) is 37.3 Å². The van der Waals surface area contributed by atoms with E-state index >= 15 is 0 Å². The summed E-state index contributed by atoms with van der Waals surface area (Å²) < 4.78 is 1.69. The number of nitrogens with zero attached hydrogens (tertiary/aromatic N) is 4. The minimum atomic E-state index is 0.0333. The molecular weight excluding hydrogens is 288 g/mol. The van der Waals surface area contributed by atoms with Gasteiger partial charge in [0, 0.05) is 49.7 Å². The van der Waals surface area contributed by atoms with Gasteiger partial charge in [-0.05, 0) is 49.8 Å². The van der Waals surface area contributed by atoms with Crippen molar-refractivity contribution in [1.29, 1.82) is 0 Å². The Morgan fingerprint density at radius 1 is 1.00 bits per heavy atom. The highest BCUT2D eigenvalue weighted by Crippen LogP contribution is 2.38. The molecule has 1 aliphatic carbocycles. The minimum absolute atomic E-state index is 0.0333. The standard InChI is InChI=1S/C18H22N4O/c23-18-4-3-17(15-1-2-15)20-22(18)13-14-7-11-21(12-8-14)16-5-9-19-10-6-16/h3-6,9-10,14-15H,1-2,7-8,11-13H2. The van der Waals surface area contributed by atoms with Gasteiger partial charge in [0.25, 0.3) is 5.56 Å². The zero-order valence-corrected chi connectivity index (χ0v) is 13.3. The van der Waals surface area contributed by atoms with Gasteiger partial charge in [-0.25, -0.2) is 4.68 Å². The molecule has 0 amide bonds. The van der Waals surface area contributed by atoms with Gasteiger partial charge in [-0.2, -0.15) is 5.10 Å². The summed E-state index contributed by atoms with van der Waals surface area (Å²) >= 11 is 0. The van der Waals surface area contributed by atoms with E-state index in [1.165, 1.54) is 18.5 Å². The zero-order chi connectivity index (χ0) is 15.6. The Kier molecular flexibility index (Phi) is 3.85. The number of hydrogen-bond donors (Lipinski definition) is 0. The summed E-state index contributed by atoms with van der Waals surface area (Å²) in [5.74, 6) is 1.13. The van der Waals surface area contributed by atoms with Gasteiger partial charge in [0.15, 0.2) is 0 Å². The largest absolute Gasteiger partial charge is 0.371 e. The lowest BCUT2D eigenvalue weighted by Gasteiger charge is -2.33. The second-order valence-corrected chi connectivity index (χ2v) is 6.69. The number of anilines is 1. The lowest BCUT2D eigenvalue weighted by molar-refractivity contribution is 0.333. The lowest BCUT2D eigenvalue weighted by atomic mass is 9.96. The molecule has 2 aromatic heterocycles. The van der Waals surface area contributed by atoms with Gasteiger partial charge in [0.05, 0.1) is 5.69 Å². The molecular formula is C18H22N4O. The van der Waals surface area contributed by atoms with Crippen molar-refractivity contribution in [3.05, 3.63) is 52.7 Å². The van der Waals surface area contributed by atoms with Crippen LogP contribution in [0.4, 0.5) is 5.69 Å². The van der Waals surface area contributed by atoms with Gasteiger partial charge < -0.3 is 4.90 Å². The fourth-order valence-electron chi connectivity index (χ4n) is 3.37. The Bertz CT molecular complexity index is 715. The molecule has 120 valence electrons. The molecule has 0 atom stereocenters. The average molecular weight is 310 g/mol. The summed E-state index contributed by atoms with van der Waals surface area (Å²) in [4.78, 5) is 18.5. The van der Waals surface area contributed by atoms with Gasteiger partial charge in [0.1, 0.15) is 0 Å². The first-order chi connectivity index (χ1) is 11.3. The summed E-state index contributed by atoms with van der Waals surface area (Å²) in [7, 11) is 0. The van der Waals surface area contributed by atoms with E-state index in [9.17, 15) is 4.79 Å². The van der Waals surface area contributed by atoms with E-state index < -0.39 is 0 Å². The number of aromatic nitrogens is 3. The van der Waals surface area contributed by atoms with Crippen LogP contribution in [0.15, 0.2) is 41.5 Å². The zero-order valence-electron chi connectivity index (χ0n) is 13.3. The SMILES string of the molecule is O=c1ccc(C2CC2)nn1CC1CCN(c2ccncc2)CC1. The fourth-order valence-corrected chi connectivity index (χ4v) is 3.37. The molecule has 0 spiro atoms. The van der Waals surface area contributed by atoms with Crippen molar-refractivity contribution in [3.8, 4) is 0 Å². The first-order valence-electron chi connectivity index (χ1n) is 8.52. The van der Waals surface area contributed by atoms with Gasteiger partial charge >= 0.3 is 0 Å². The summed E-state index contributed by atoms with van der Waals surface area (Å²) in [5, 5.41) is 4.59. The van der Waals surface area contributed by atoms with Crippen LogP contribution in [0, 0.1) is 5.92 Å². The van der Waals surface area contributed by atoms with E-state index in [1.54, 1.807) is 10.7 Å². The number of hydrogen-bond acceptors (Lipinski definition) is 4. The topological polar surface area (TPSA) is 51.0 Å². The molecule has 1 saturated heterocycles. The molecule has 0 N–H and O–H groups in total. The molecule has 3 heterocycles. The average Bonchev–Trinajstić information content (AvgIpc) is 3.43. The molecule has 5 heteroatoms. The third-order valence-corrected chi connectivity index (χ3v) is 4.96. The Balaban J connectivity index is 1.40. The normalized spacial score (nSPS) is 19.0. The van der Waals surface area contributed by atoms with Crippen LogP contribution in [0.3, 0.4) is 0 Å². The smallest absolute Gasteiger partial charge is 0.266 e. The summed E-state index contributed by atoms with van der Waals surface area (Å²) in [6.07, 6.45) is 8.32. The van der Waals surface area contributed by atoms with Gasteiger partial charge in [0.2, 0.25) is 0 Å². The van der Waals surface area contributed by atoms with Crippen molar-refractivity contribution in [2.24, 2.45) is 5.92 Å². The maximum Gasteiger partial charge on any atom is 0.266 e. The van der Waals surface area contributed by atoms with Crippen LogP contribution >= 0.6 is 0 Å². The number of pyridine rings is 1. The molecule has 2 aromatic rings. The van der Waals surface area contributed by atoms with E-state index in [2.05, 4.69) is 27.1 Å². The van der Waals surface area contributed by atoms with E-state index in [4.69, 9.17) is 0 Å². The van der Waals surface area contributed by atoms with E-state index in [0.717, 1.165) is 38.2 Å². The third kappa shape index (κ3) is 3.28. The predicted molar refractivity (Wildman–Crippen MR) is 89.6 cm³/mol. The first kappa shape index (κ1) is 14.4. The quantitative estimate of drug-likeness (QED) is 0.870. The first-order valence-corrected chi connectivity index (χ1v) is 8.52. The molecule has 5 nitrogen and oxygen atoms in total. The summed E-state index contributed by atoms with van der Waals surface area (Å²) in [6.45, 7) is 2.82. The Morgan fingerprint density at radius 3 is 2.43 bits per heavy atom. The van der Waals surface area contributed by atoms with Crippen molar-refractivity contribution in [3.63, 3.8) is 0 Å².